The molecule has 0 amide bonds. The van der Waals surface area contributed by atoms with Gasteiger partial charge in [0.25, 0.3) is 0 Å². The summed E-state index contributed by atoms with van der Waals surface area (Å²) in [7, 11) is 1.31. The quantitative estimate of drug-likeness (QED) is 0.209. The number of fused-ring (bicyclic) bond motifs is 2. The Bertz CT molecular complexity index is 1460. The van der Waals surface area contributed by atoms with Gasteiger partial charge in [-0.2, -0.15) is 0 Å². The Labute approximate surface area is 239 Å². The fourth-order valence-electron chi connectivity index (χ4n) is 5.58. The van der Waals surface area contributed by atoms with E-state index in [-0.39, 0.29) is 24.6 Å². The average molecular weight is 591 g/mol. The van der Waals surface area contributed by atoms with Gasteiger partial charge < -0.3 is 24.3 Å². The van der Waals surface area contributed by atoms with Crippen LogP contribution in [0.4, 0.5) is 14.6 Å². The Kier molecular flexibility index (Phi) is 7.59. The molecule has 0 spiro atoms. The molecule has 6 atom stereocenters. The van der Waals surface area contributed by atoms with Crippen molar-refractivity contribution < 1.29 is 32.5 Å². The number of carbonyl (C=O) groups excluding carboxylic acids is 1. The van der Waals surface area contributed by atoms with E-state index in [1.165, 1.54) is 24.9 Å². The second-order valence-corrected chi connectivity index (χ2v) is 12.0. The minimum Gasteiger partial charge on any atom is -0.467 e. The molecule has 0 radical (unpaired) electrons. The molecule has 11 nitrogen and oxygen atoms in total. The lowest BCUT2D eigenvalue weighted by atomic mass is 10.1. The first-order chi connectivity index (χ1) is 19.7. The fourth-order valence-corrected chi connectivity index (χ4v) is 6.27. The zero-order chi connectivity index (χ0) is 28.9. The number of methoxy groups -OCH3 is 1. The van der Waals surface area contributed by atoms with Crippen LogP contribution in [-0.4, -0.2) is 80.5 Å². The van der Waals surface area contributed by atoms with E-state index in [2.05, 4.69) is 22.6 Å². The van der Waals surface area contributed by atoms with Crippen LogP contribution in [0.3, 0.4) is 0 Å². The number of rotatable bonds is 10. The molecule has 41 heavy (non-hydrogen) atoms. The van der Waals surface area contributed by atoms with Crippen LogP contribution in [0.1, 0.15) is 57.6 Å². The Morgan fingerprint density at radius 2 is 2.00 bits per heavy atom. The lowest BCUT2D eigenvalue weighted by Crippen LogP contribution is -2.32. The van der Waals surface area contributed by atoms with Gasteiger partial charge in [-0.3, -0.25) is 0 Å². The normalized spacial score (nSPS) is 28.1. The van der Waals surface area contributed by atoms with E-state index in [1.807, 2.05) is 13.8 Å². The molecule has 1 aromatic carbocycles. The number of ether oxygens (including phenoxy) is 4. The molecule has 3 aliphatic rings. The summed E-state index contributed by atoms with van der Waals surface area (Å²) in [5.74, 6) is -1.66. The molecule has 0 bridgehead atoms. The summed E-state index contributed by atoms with van der Waals surface area (Å²) in [6.45, 7) is 5.55. The summed E-state index contributed by atoms with van der Waals surface area (Å²) in [5, 5.41) is 12.9. The van der Waals surface area contributed by atoms with Crippen molar-refractivity contribution in [1.82, 2.24) is 25.0 Å². The van der Waals surface area contributed by atoms with Crippen molar-refractivity contribution in [2.45, 2.75) is 87.3 Å². The van der Waals surface area contributed by atoms with Gasteiger partial charge in [-0.15, -0.1) is 5.10 Å². The van der Waals surface area contributed by atoms with Crippen LogP contribution >= 0.6 is 11.8 Å². The lowest BCUT2D eigenvalue weighted by molar-refractivity contribution is -0.173. The van der Waals surface area contributed by atoms with Crippen LogP contribution in [0.25, 0.3) is 11.2 Å². The summed E-state index contributed by atoms with van der Waals surface area (Å²) in [5.41, 5.74) is 1.76. The number of benzene rings is 1. The first kappa shape index (κ1) is 28.2. The third kappa shape index (κ3) is 5.62. The van der Waals surface area contributed by atoms with E-state index in [1.54, 1.807) is 10.7 Å². The van der Waals surface area contributed by atoms with Crippen LogP contribution in [0.2, 0.25) is 0 Å². The van der Waals surface area contributed by atoms with Crippen molar-refractivity contribution >= 4 is 34.7 Å². The van der Waals surface area contributed by atoms with Crippen molar-refractivity contribution in [2.24, 2.45) is 0 Å². The predicted molar refractivity (Wildman–Crippen MR) is 144 cm³/mol. The van der Waals surface area contributed by atoms with Gasteiger partial charge in [-0.05, 0) is 44.4 Å². The largest absolute Gasteiger partial charge is 0.467 e. The van der Waals surface area contributed by atoms with Crippen LogP contribution in [0, 0.1) is 11.6 Å². The molecular formula is C27H32F2N6O5S. The van der Waals surface area contributed by atoms with Gasteiger partial charge in [0.05, 0.1) is 19.3 Å². The highest BCUT2D eigenvalue weighted by Crippen LogP contribution is 2.47. The van der Waals surface area contributed by atoms with Crippen molar-refractivity contribution in [2.75, 3.05) is 24.8 Å². The van der Waals surface area contributed by atoms with Gasteiger partial charge in [-0.1, -0.05) is 30.0 Å². The van der Waals surface area contributed by atoms with Crippen molar-refractivity contribution in [1.29, 1.82) is 0 Å². The summed E-state index contributed by atoms with van der Waals surface area (Å²) in [6, 6.07) is 3.67. The summed E-state index contributed by atoms with van der Waals surface area (Å²) >= 11 is 1.53. The second-order valence-electron chi connectivity index (χ2n) is 11.0. The van der Waals surface area contributed by atoms with E-state index >= 15 is 0 Å². The van der Waals surface area contributed by atoms with E-state index in [9.17, 15) is 13.6 Å². The summed E-state index contributed by atoms with van der Waals surface area (Å²) < 4.78 is 52.1. The number of hydrogen-bond acceptors (Lipinski definition) is 11. The third-order valence-corrected chi connectivity index (χ3v) is 8.62. The molecule has 6 rings (SSSR count). The first-order valence-electron chi connectivity index (χ1n) is 13.7. The average Bonchev–Trinajstić information content (AvgIpc) is 3.28. The van der Waals surface area contributed by atoms with E-state index in [0.717, 1.165) is 30.2 Å². The molecule has 6 unspecified atom stereocenters. The van der Waals surface area contributed by atoms with Gasteiger partial charge in [0, 0.05) is 24.1 Å². The zero-order valence-corrected chi connectivity index (χ0v) is 24.0. The molecule has 1 saturated heterocycles. The number of aromatic nitrogens is 5. The SMILES string of the molecule is CCCSc1nc(NC2CC2c2ccc(F)c(F)c2)c2nnn(C3CC(OCC(=O)OC)C4OC(C)(C)OC43)c2n1. The Morgan fingerprint density at radius 3 is 2.76 bits per heavy atom. The van der Waals surface area contributed by atoms with Gasteiger partial charge >= 0.3 is 5.97 Å². The number of carbonyl (C=O) groups is 1. The number of nitrogens with zero attached hydrogens (tertiary/aromatic N) is 5. The van der Waals surface area contributed by atoms with Crippen molar-refractivity contribution in [3.8, 4) is 0 Å². The monoisotopic (exact) mass is 590 g/mol. The molecule has 14 heteroatoms. The van der Waals surface area contributed by atoms with E-state index < -0.39 is 41.7 Å². The maximum absolute atomic E-state index is 13.8. The molecule has 3 aromatic rings. The lowest BCUT2D eigenvalue weighted by Gasteiger charge is -2.23. The van der Waals surface area contributed by atoms with Gasteiger partial charge in [0.2, 0.25) is 0 Å². The van der Waals surface area contributed by atoms with Crippen LogP contribution in [0.5, 0.6) is 0 Å². The minimum atomic E-state index is -0.863. The van der Waals surface area contributed by atoms with Gasteiger partial charge in [-0.25, -0.2) is 28.2 Å². The van der Waals surface area contributed by atoms with Crippen molar-refractivity contribution in [3.05, 3.63) is 35.4 Å². The van der Waals surface area contributed by atoms with Crippen molar-refractivity contribution in [3.63, 3.8) is 0 Å². The molecule has 3 heterocycles. The van der Waals surface area contributed by atoms with E-state index in [4.69, 9.17) is 28.9 Å². The zero-order valence-electron chi connectivity index (χ0n) is 23.2. The van der Waals surface area contributed by atoms with E-state index in [0.29, 0.717) is 28.6 Å². The topological polar surface area (TPSA) is 123 Å². The highest BCUT2D eigenvalue weighted by Gasteiger charge is 2.56. The highest BCUT2D eigenvalue weighted by molar-refractivity contribution is 7.99. The highest BCUT2D eigenvalue weighted by atomic mass is 32.2. The first-order valence-corrected chi connectivity index (χ1v) is 14.7. The number of halogens is 2. The van der Waals surface area contributed by atoms with Gasteiger partial charge in [0.15, 0.2) is 39.6 Å². The molecule has 3 fully saturated rings. The summed E-state index contributed by atoms with van der Waals surface area (Å²) in [4.78, 5) is 21.3. The Balaban J connectivity index is 1.30. The molecular weight excluding hydrogens is 558 g/mol. The molecule has 2 aliphatic carbocycles. The number of esters is 1. The fraction of sp³-hybridized carbons (Fsp3) is 0.593. The second kappa shape index (κ2) is 11.0. The third-order valence-electron chi connectivity index (χ3n) is 7.56. The minimum absolute atomic E-state index is 0.0199. The smallest absolute Gasteiger partial charge is 0.331 e. The number of hydrogen-bond donors (Lipinski definition) is 1. The molecule has 1 N–H and O–H groups in total. The maximum atomic E-state index is 13.8. The number of nitrogens with one attached hydrogen (secondary N) is 1. The molecule has 2 saturated carbocycles. The molecule has 2 aromatic heterocycles. The Hall–Kier alpha value is -2.94. The van der Waals surface area contributed by atoms with Crippen LogP contribution in [0.15, 0.2) is 23.4 Å². The summed E-state index contributed by atoms with van der Waals surface area (Å²) in [6.07, 6.45) is 0.896. The maximum Gasteiger partial charge on any atom is 0.331 e. The molecule has 1 aliphatic heterocycles. The Morgan fingerprint density at radius 1 is 1.20 bits per heavy atom. The molecule has 220 valence electrons. The van der Waals surface area contributed by atoms with Gasteiger partial charge in [0.1, 0.15) is 18.8 Å². The number of thioether (sulfide) groups is 1. The van der Waals surface area contributed by atoms with Crippen LogP contribution in [-0.2, 0) is 23.7 Å². The standard InChI is InChI=1S/C27H32F2N6O5S/c1-5-8-41-26-31-24(30-17-10-14(17)13-6-7-15(28)16(29)9-13)21-25(32-26)35(34-33-21)18-11-19(38-12-20(36)37-4)23-22(18)39-27(2,3)40-23/h6-7,9,14,17-19,22-23H,5,8,10-12H2,1-4H3,(H,30,31,32). The number of anilines is 1. The predicted octanol–water partition coefficient (Wildman–Crippen LogP) is 3.99. The van der Waals surface area contributed by atoms with Crippen LogP contribution < -0.4 is 5.32 Å².